The molecule has 0 aliphatic carbocycles. The predicted octanol–water partition coefficient (Wildman–Crippen LogP) is 3.36. The first-order chi connectivity index (χ1) is 14.5. The van der Waals surface area contributed by atoms with Gasteiger partial charge in [0, 0.05) is 31.3 Å². The number of ether oxygens (including phenoxy) is 2. The first-order valence-corrected chi connectivity index (χ1v) is 10.9. The Morgan fingerprint density at radius 2 is 1.80 bits per heavy atom. The molecular weight excluding hydrogens is 404 g/mol. The highest BCUT2D eigenvalue weighted by Crippen LogP contribution is 2.34. The van der Waals surface area contributed by atoms with Crippen LogP contribution in [0.15, 0.2) is 71.9 Å². The third-order valence-corrected chi connectivity index (χ3v) is 6.07. The molecule has 7 nitrogen and oxygen atoms in total. The van der Waals surface area contributed by atoms with Crippen molar-refractivity contribution < 1.29 is 22.7 Å². The molecule has 0 unspecified atom stereocenters. The van der Waals surface area contributed by atoms with Crippen LogP contribution < -0.4 is 14.2 Å². The van der Waals surface area contributed by atoms with Gasteiger partial charge in [0.1, 0.15) is 5.78 Å². The second-order valence-corrected chi connectivity index (χ2v) is 8.58. The Hall–Kier alpha value is -3.39. The number of nitrogens with one attached hydrogen (secondary N) is 1. The number of benzene rings is 2. The maximum Gasteiger partial charge on any atom is 0.261 e. The van der Waals surface area contributed by atoms with Crippen LogP contribution >= 0.6 is 0 Å². The van der Waals surface area contributed by atoms with Gasteiger partial charge in [0.2, 0.25) is 6.79 Å². The summed E-state index contributed by atoms with van der Waals surface area (Å²) < 4.78 is 38.3. The van der Waals surface area contributed by atoms with Crippen molar-refractivity contribution in [1.29, 1.82) is 0 Å². The third-order valence-electron chi connectivity index (χ3n) is 4.68. The SMILES string of the molecule is O=C(CCc1cccnc1)Cc1ccc(S(=O)(=O)Nc2ccc3c(c2)OCO3)cc1. The smallest absolute Gasteiger partial charge is 0.261 e. The number of Topliss-reactive ketones (excluding diaryl/α,β-unsaturated/α-hetero) is 1. The van der Waals surface area contributed by atoms with Gasteiger partial charge in [-0.25, -0.2) is 8.42 Å². The van der Waals surface area contributed by atoms with Gasteiger partial charge in [0.05, 0.1) is 10.6 Å². The van der Waals surface area contributed by atoms with Crippen molar-refractivity contribution in [2.24, 2.45) is 0 Å². The molecule has 2 heterocycles. The van der Waals surface area contributed by atoms with E-state index in [9.17, 15) is 13.2 Å². The van der Waals surface area contributed by atoms with E-state index in [1.165, 1.54) is 12.1 Å². The summed E-state index contributed by atoms with van der Waals surface area (Å²) in [5, 5.41) is 0. The summed E-state index contributed by atoms with van der Waals surface area (Å²) in [7, 11) is -3.76. The van der Waals surface area contributed by atoms with Gasteiger partial charge in [0.25, 0.3) is 10.0 Å². The lowest BCUT2D eigenvalue weighted by molar-refractivity contribution is -0.118. The molecule has 0 saturated heterocycles. The Morgan fingerprint density at radius 1 is 1.00 bits per heavy atom. The number of aromatic nitrogens is 1. The molecule has 154 valence electrons. The van der Waals surface area contributed by atoms with Gasteiger partial charge in [-0.15, -0.1) is 0 Å². The first kappa shape index (κ1) is 19.9. The maximum absolute atomic E-state index is 12.6. The number of aryl methyl sites for hydroxylation is 1. The molecule has 0 atom stereocenters. The minimum Gasteiger partial charge on any atom is -0.454 e. The Labute approximate surface area is 174 Å². The van der Waals surface area contributed by atoms with E-state index in [0.717, 1.165) is 11.1 Å². The fraction of sp³-hybridized carbons (Fsp3) is 0.182. The van der Waals surface area contributed by atoms with Crippen LogP contribution in [0.4, 0.5) is 5.69 Å². The fourth-order valence-electron chi connectivity index (χ4n) is 3.11. The summed E-state index contributed by atoms with van der Waals surface area (Å²) in [6, 6.07) is 14.9. The van der Waals surface area contributed by atoms with Gasteiger partial charge in [-0.1, -0.05) is 18.2 Å². The fourth-order valence-corrected chi connectivity index (χ4v) is 4.16. The topological polar surface area (TPSA) is 94.6 Å². The van der Waals surface area contributed by atoms with Gasteiger partial charge in [-0.05, 0) is 47.9 Å². The van der Waals surface area contributed by atoms with E-state index in [0.29, 0.717) is 30.0 Å². The zero-order valence-corrected chi connectivity index (χ0v) is 16.9. The number of anilines is 1. The number of hydrogen-bond donors (Lipinski definition) is 1. The predicted molar refractivity (Wildman–Crippen MR) is 111 cm³/mol. The highest BCUT2D eigenvalue weighted by Gasteiger charge is 2.18. The van der Waals surface area contributed by atoms with Crippen LogP contribution in [0.25, 0.3) is 0 Å². The number of fused-ring (bicyclic) bond motifs is 1. The molecule has 0 bridgehead atoms. The molecule has 0 fully saturated rings. The second-order valence-electron chi connectivity index (χ2n) is 6.89. The number of sulfonamides is 1. The minimum absolute atomic E-state index is 0.0907. The molecular formula is C22H20N2O5S. The molecule has 30 heavy (non-hydrogen) atoms. The summed E-state index contributed by atoms with van der Waals surface area (Å²) in [4.78, 5) is 16.4. The zero-order chi connectivity index (χ0) is 21.0. The number of hydrogen-bond acceptors (Lipinski definition) is 6. The number of pyridine rings is 1. The third kappa shape index (κ3) is 4.77. The number of rotatable bonds is 8. The lowest BCUT2D eigenvalue weighted by Gasteiger charge is -2.09. The number of ketones is 1. The molecule has 3 aromatic rings. The molecule has 8 heteroatoms. The van der Waals surface area contributed by atoms with E-state index < -0.39 is 10.0 Å². The van der Waals surface area contributed by atoms with Crippen molar-refractivity contribution in [3.05, 3.63) is 78.1 Å². The van der Waals surface area contributed by atoms with Crippen LogP contribution in [0.3, 0.4) is 0 Å². The standard InChI is InChI=1S/C22H20N2O5S/c25-19(7-3-17-2-1-11-23-14-17)12-16-4-8-20(9-5-16)30(26,27)24-18-6-10-21-22(13-18)29-15-28-21/h1-2,4-6,8-11,13-14,24H,3,7,12,15H2. The maximum atomic E-state index is 12.6. The number of nitrogens with zero attached hydrogens (tertiary/aromatic N) is 1. The average Bonchev–Trinajstić information content (AvgIpc) is 3.21. The molecule has 1 aliphatic heterocycles. The quantitative estimate of drug-likeness (QED) is 0.596. The average molecular weight is 424 g/mol. The van der Waals surface area contributed by atoms with E-state index in [-0.39, 0.29) is 23.9 Å². The van der Waals surface area contributed by atoms with Gasteiger partial charge >= 0.3 is 0 Å². The molecule has 0 amide bonds. The van der Waals surface area contributed by atoms with Crippen LogP contribution in [0, 0.1) is 0 Å². The van der Waals surface area contributed by atoms with Crippen LogP contribution in [0.1, 0.15) is 17.5 Å². The van der Waals surface area contributed by atoms with Gasteiger partial charge in [-0.2, -0.15) is 0 Å². The highest BCUT2D eigenvalue weighted by atomic mass is 32.2. The van der Waals surface area contributed by atoms with Crippen molar-refractivity contribution in [3.8, 4) is 11.5 Å². The summed E-state index contributed by atoms with van der Waals surface area (Å²) in [6.45, 7) is 0.119. The lowest BCUT2D eigenvalue weighted by atomic mass is 10.0. The first-order valence-electron chi connectivity index (χ1n) is 9.42. The van der Waals surface area contributed by atoms with Gasteiger partial charge in [0.15, 0.2) is 11.5 Å². The van der Waals surface area contributed by atoms with Crippen LogP contribution in [0.5, 0.6) is 11.5 Å². The number of carbonyl (C=O) groups excluding carboxylic acids is 1. The minimum atomic E-state index is -3.76. The normalized spacial score (nSPS) is 12.5. The second kappa shape index (κ2) is 8.54. The van der Waals surface area contributed by atoms with Crippen molar-refractivity contribution in [2.45, 2.75) is 24.2 Å². The molecule has 1 N–H and O–H groups in total. The lowest BCUT2D eigenvalue weighted by Crippen LogP contribution is -2.13. The molecule has 0 saturated carbocycles. The Kier molecular flexibility index (Phi) is 5.67. The van der Waals surface area contributed by atoms with E-state index in [2.05, 4.69) is 9.71 Å². The van der Waals surface area contributed by atoms with Gasteiger partial charge in [-0.3, -0.25) is 14.5 Å². The summed E-state index contributed by atoms with van der Waals surface area (Å²) >= 11 is 0. The molecule has 1 aromatic heterocycles. The molecule has 4 rings (SSSR count). The van der Waals surface area contributed by atoms with Crippen LogP contribution in [-0.2, 0) is 27.7 Å². The Morgan fingerprint density at radius 3 is 2.57 bits per heavy atom. The van der Waals surface area contributed by atoms with Crippen molar-refractivity contribution in [2.75, 3.05) is 11.5 Å². The summed E-state index contributed by atoms with van der Waals surface area (Å²) in [5.74, 6) is 1.17. The Bertz CT molecular complexity index is 1150. The van der Waals surface area contributed by atoms with Crippen molar-refractivity contribution in [3.63, 3.8) is 0 Å². The molecule has 0 radical (unpaired) electrons. The summed E-state index contributed by atoms with van der Waals surface area (Å²) in [6.07, 6.45) is 4.76. The highest BCUT2D eigenvalue weighted by molar-refractivity contribution is 7.92. The van der Waals surface area contributed by atoms with E-state index >= 15 is 0 Å². The van der Waals surface area contributed by atoms with Crippen molar-refractivity contribution >= 4 is 21.5 Å². The zero-order valence-electron chi connectivity index (χ0n) is 16.1. The van der Waals surface area contributed by atoms with Crippen LogP contribution in [-0.4, -0.2) is 26.0 Å². The molecule has 2 aromatic carbocycles. The van der Waals surface area contributed by atoms with Crippen molar-refractivity contribution in [1.82, 2.24) is 4.98 Å². The largest absolute Gasteiger partial charge is 0.454 e. The monoisotopic (exact) mass is 424 g/mol. The Balaban J connectivity index is 1.36. The van der Waals surface area contributed by atoms with Crippen LogP contribution in [0.2, 0.25) is 0 Å². The van der Waals surface area contributed by atoms with E-state index in [4.69, 9.17) is 9.47 Å². The summed E-state index contributed by atoms with van der Waals surface area (Å²) in [5.41, 5.74) is 2.17. The van der Waals surface area contributed by atoms with E-state index in [1.54, 1.807) is 42.7 Å². The van der Waals surface area contributed by atoms with Gasteiger partial charge < -0.3 is 9.47 Å². The molecule has 1 aliphatic rings. The number of carbonyl (C=O) groups is 1. The van der Waals surface area contributed by atoms with E-state index in [1.807, 2.05) is 12.1 Å². The molecule has 0 spiro atoms.